The van der Waals surface area contributed by atoms with Gasteiger partial charge in [0.1, 0.15) is 6.73 Å². The molecule has 0 atom stereocenters. The predicted molar refractivity (Wildman–Crippen MR) is 85.6 cm³/mol. The Labute approximate surface area is 130 Å². The van der Waals surface area contributed by atoms with Gasteiger partial charge in [-0.15, -0.1) is 0 Å². The van der Waals surface area contributed by atoms with Crippen molar-refractivity contribution >= 4 is 30.8 Å². The molecule has 2 aromatic heterocycles. The van der Waals surface area contributed by atoms with Crippen molar-refractivity contribution in [2.75, 3.05) is 13.2 Å². The Morgan fingerprint density at radius 1 is 1.29 bits per heavy atom. The monoisotopic (exact) mass is 328 g/mol. The summed E-state index contributed by atoms with van der Waals surface area (Å²) in [6, 6.07) is 1.12. The summed E-state index contributed by atoms with van der Waals surface area (Å²) in [5.41, 5.74) is 1.24. The Hall–Kier alpha value is -1.18. The number of nitrogens with zero attached hydrogens (tertiary/aromatic N) is 4. The molecule has 0 unspecified atom stereocenters. The second-order valence-electron chi connectivity index (χ2n) is 5.97. The van der Waals surface area contributed by atoms with Crippen LogP contribution in [0.5, 0.6) is 5.88 Å². The number of halogens is 1. The van der Waals surface area contributed by atoms with Gasteiger partial charge in [0.25, 0.3) is 0 Å². The van der Waals surface area contributed by atoms with Crippen molar-refractivity contribution in [3.8, 4) is 5.88 Å². The lowest BCUT2D eigenvalue weighted by Gasteiger charge is -2.15. The molecule has 0 amide bonds. The lowest BCUT2D eigenvalue weighted by Crippen LogP contribution is -2.22. The largest absolute Gasteiger partial charge is 0.476 e. The second-order valence-corrected chi connectivity index (χ2v) is 11.9. The third-order valence-electron chi connectivity index (χ3n) is 2.91. The molecule has 2 rings (SSSR count). The minimum Gasteiger partial charge on any atom is -0.476 e. The topological polar surface area (TPSA) is 62.1 Å². The predicted octanol–water partition coefficient (Wildman–Crippen LogP) is 3.19. The first kappa shape index (κ1) is 16.2. The Balaban J connectivity index is 2.11. The van der Waals surface area contributed by atoms with Crippen molar-refractivity contribution in [2.24, 2.45) is 0 Å². The van der Waals surface area contributed by atoms with E-state index >= 15 is 0 Å². The number of hydrogen-bond acceptors (Lipinski definition) is 5. The van der Waals surface area contributed by atoms with Crippen molar-refractivity contribution in [1.29, 1.82) is 0 Å². The number of aromatic nitrogens is 4. The molecule has 0 aromatic carbocycles. The van der Waals surface area contributed by atoms with Crippen LogP contribution >= 0.6 is 11.6 Å². The first-order chi connectivity index (χ1) is 9.90. The molecule has 21 heavy (non-hydrogen) atoms. The van der Waals surface area contributed by atoms with Crippen LogP contribution in [0, 0.1) is 0 Å². The van der Waals surface area contributed by atoms with Crippen LogP contribution in [0.15, 0.2) is 6.33 Å². The zero-order valence-electron chi connectivity index (χ0n) is 12.9. The number of ether oxygens (including phenoxy) is 2. The highest BCUT2D eigenvalue weighted by atomic mass is 35.5. The summed E-state index contributed by atoms with van der Waals surface area (Å²) in [5.74, 6) is 0.411. The molecule has 6 nitrogen and oxygen atoms in total. The maximum absolute atomic E-state index is 5.93. The molecule has 0 bridgehead atoms. The van der Waals surface area contributed by atoms with Crippen molar-refractivity contribution in [3.63, 3.8) is 0 Å². The minimum absolute atomic E-state index is 0.148. The van der Waals surface area contributed by atoms with Crippen LogP contribution in [0.4, 0.5) is 0 Å². The molecule has 116 valence electrons. The molecule has 0 aliphatic rings. The smallest absolute Gasteiger partial charge is 0.246 e. The Morgan fingerprint density at radius 2 is 2.05 bits per heavy atom. The Bertz CT molecular complexity index is 612. The number of rotatable bonds is 7. The van der Waals surface area contributed by atoms with Crippen molar-refractivity contribution in [3.05, 3.63) is 11.6 Å². The average Bonchev–Trinajstić information content (AvgIpc) is 2.77. The maximum Gasteiger partial charge on any atom is 0.246 e. The second kappa shape index (κ2) is 6.72. The van der Waals surface area contributed by atoms with Gasteiger partial charge in [-0.3, -0.25) is 4.57 Å². The number of fused-ring (bicyclic) bond motifs is 1. The lowest BCUT2D eigenvalue weighted by molar-refractivity contribution is 0.0895. The molecule has 0 aliphatic carbocycles. The molecule has 0 saturated carbocycles. The van der Waals surface area contributed by atoms with Crippen LogP contribution < -0.4 is 4.74 Å². The number of imidazole rings is 1. The molecule has 8 heteroatoms. The molecule has 0 N–H and O–H groups in total. The standard InChI is InChI=1S/C13H21ClN4O2Si/c1-5-20-12-10-11(16-13(14)17-12)18(8-15-10)9-19-6-7-21(2,3)4/h8H,5-7,9H2,1-4H3. The van der Waals surface area contributed by atoms with E-state index in [2.05, 4.69) is 34.6 Å². The summed E-state index contributed by atoms with van der Waals surface area (Å²) < 4.78 is 13.0. The molecular formula is C13H21ClN4O2Si. The van der Waals surface area contributed by atoms with Gasteiger partial charge in [-0.25, -0.2) is 4.98 Å². The van der Waals surface area contributed by atoms with E-state index in [-0.39, 0.29) is 5.28 Å². The number of hydrogen-bond donors (Lipinski definition) is 0. The van der Waals surface area contributed by atoms with E-state index in [1.807, 2.05) is 11.5 Å². The van der Waals surface area contributed by atoms with Gasteiger partial charge < -0.3 is 9.47 Å². The van der Waals surface area contributed by atoms with Crippen molar-refractivity contribution in [2.45, 2.75) is 39.3 Å². The summed E-state index contributed by atoms with van der Waals surface area (Å²) in [7, 11) is -1.08. The zero-order valence-corrected chi connectivity index (χ0v) is 14.6. The third kappa shape index (κ3) is 4.39. The Kier molecular flexibility index (Phi) is 5.18. The van der Waals surface area contributed by atoms with Crippen LogP contribution in [0.1, 0.15) is 6.92 Å². The quantitative estimate of drug-likeness (QED) is 0.444. The molecular weight excluding hydrogens is 308 g/mol. The SMILES string of the molecule is CCOc1nc(Cl)nc2c1ncn2COCC[Si](C)(C)C. The van der Waals surface area contributed by atoms with Gasteiger partial charge in [-0.2, -0.15) is 9.97 Å². The lowest BCUT2D eigenvalue weighted by atomic mass is 10.5. The first-order valence-corrected chi connectivity index (χ1v) is 11.1. The van der Waals surface area contributed by atoms with Crippen molar-refractivity contribution < 1.29 is 9.47 Å². The van der Waals surface area contributed by atoms with Gasteiger partial charge in [-0.05, 0) is 24.6 Å². The first-order valence-electron chi connectivity index (χ1n) is 6.99. The highest BCUT2D eigenvalue weighted by molar-refractivity contribution is 6.76. The van der Waals surface area contributed by atoms with Gasteiger partial charge in [0.15, 0.2) is 11.2 Å². The molecule has 2 heterocycles. The van der Waals surface area contributed by atoms with Gasteiger partial charge in [0, 0.05) is 14.7 Å². The van der Waals surface area contributed by atoms with E-state index < -0.39 is 8.07 Å². The van der Waals surface area contributed by atoms with Crippen LogP contribution in [-0.4, -0.2) is 40.8 Å². The van der Waals surface area contributed by atoms with E-state index in [9.17, 15) is 0 Å². The van der Waals surface area contributed by atoms with Gasteiger partial charge in [0.2, 0.25) is 11.2 Å². The fourth-order valence-electron chi connectivity index (χ4n) is 1.77. The molecule has 0 radical (unpaired) electrons. The Morgan fingerprint density at radius 3 is 2.71 bits per heavy atom. The zero-order chi connectivity index (χ0) is 15.5. The van der Waals surface area contributed by atoms with E-state index in [4.69, 9.17) is 21.1 Å². The van der Waals surface area contributed by atoms with Crippen LogP contribution in [0.25, 0.3) is 11.2 Å². The summed E-state index contributed by atoms with van der Waals surface area (Å²) >= 11 is 5.93. The molecule has 0 saturated heterocycles. The molecule has 2 aromatic rings. The normalized spacial score (nSPS) is 12.0. The van der Waals surface area contributed by atoms with Crippen LogP contribution in [0.2, 0.25) is 31.0 Å². The average molecular weight is 329 g/mol. The highest BCUT2D eigenvalue weighted by Crippen LogP contribution is 2.22. The van der Waals surface area contributed by atoms with Gasteiger partial charge in [0.05, 0.1) is 12.9 Å². The fraction of sp³-hybridized carbons (Fsp3) is 0.615. The van der Waals surface area contributed by atoms with Gasteiger partial charge in [-0.1, -0.05) is 19.6 Å². The van der Waals surface area contributed by atoms with E-state index in [0.717, 1.165) is 12.7 Å². The highest BCUT2D eigenvalue weighted by Gasteiger charge is 2.15. The van der Waals surface area contributed by atoms with Gasteiger partial charge >= 0.3 is 0 Å². The fourth-order valence-corrected chi connectivity index (χ4v) is 2.68. The van der Waals surface area contributed by atoms with Crippen LogP contribution in [0.3, 0.4) is 0 Å². The van der Waals surface area contributed by atoms with Crippen LogP contribution in [-0.2, 0) is 11.5 Å². The summed E-state index contributed by atoms with van der Waals surface area (Å²) in [5, 5.41) is 0.148. The summed E-state index contributed by atoms with van der Waals surface area (Å²) in [6.07, 6.45) is 1.67. The molecule has 0 aliphatic heterocycles. The summed E-state index contributed by atoms with van der Waals surface area (Å²) in [6.45, 7) is 10.5. The van der Waals surface area contributed by atoms with E-state index in [1.165, 1.54) is 0 Å². The summed E-state index contributed by atoms with van der Waals surface area (Å²) in [4.78, 5) is 12.6. The van der Waals surface area contributed by atoms with Crippen molar-refractivity contribution in [1.82, 2.24) is 19.5 Å². The van der Waals surface area contributed by atoms with E-state index in [0.29, 0.717) is 30.4 Å². The van der Waals surface area contributed by atoms with E-state index in [1.54, 1.807) is 6.33 Å². The third-order valence-corrected chi connectivity index (χ3v) is 4.79. The molecule has 0 fully saturated rings. The molecule has 0 spiro atoms. The maximum atomic E-state index is 5.93. The minimum atomic E-state index is -1.08.